The van der Waals surface area contributed by atoms with E-state index < -0.39 is 5.97 Å². The largest absolute Gasteiger partial charge is 0.462 e. The van der Waals surface area contributed by atoms with Crippen LogP contribution in [0, 0.1) is 0 Å². The highest BCUT2D eigenvalue weighted by atomic mass is 32.2. The Morgan fingerprint density at radius 3 is 2.95 bits per heavy atom. The van der Waals surface area contributed by atoms with Gasteiger partial charge in [-0.2, -0.15) is 0 Å². The molecule has 0 fully saturated rings. The Morgan fingerprint density at radius 2 is 2.26 bits per heavy atom. The molecule has 0 aliphatic heterocycles. The maximum absolute atomic E-state index is 11.7. The van der Waals surface area contributed by atoms with Gasteiger partial charge in [-0.3, -0.25) is 0 Å². The van der Waals surface area contributed by atoms with Gasteiger partial charge in [0.1, 0.15) is 11.4 Å². The maximum Gasteiger partial charge on any atom is 0.340 e. The van der Waals surface area contributed by atoms with Crippen LogP contribution in [0.5, 0.6) is 0 Å². The number of aromatic nitrogens is 2. The van der Waals surface area contributed by atoms with Crippen molar-refractivity contribution in [2.24, 2.45) is 0 Å². The van der Waals surface area contributed by atoms with Crippen LogP contribution in [0.1, 0.15) is 17.3 Å². The molecule has 2 N–H and O–H groups in total. The van der Waals surface area contributed by atoms with Gasteiger partial charge in [-0.1, -0.05) is 11.8 Å². The summed E-state index contributed by atoms with van der Waals surface area (Å²) in [6.07, 6.45) is 3.14. The predicted octanol–water partition coefficient (Wildman–Crippen LogP) is 2.39. The number of hydrogen-bond donors (Lipinski definition) is 1. The third-order valence-electron chi connectivity index (χ3n) is 2.30. The number of ether oxygens (including phenoxy) is 1. The molecule has 5 nitrogen and oxygen atoms in total. The molecule has 2 aromatic rings. The zero-order valence-electron chi connectivity index (χ0n) is 10.4. The second-order valence-corrected chi connectivity index (χ2v) is 4.71. The Balaban J connectivity index is 2.23. The summed E-state index contributed by atoms with van der Waals surface area (Å²) < 4.78 is 4.96. The van der Waals surface area contributed by atoms with Crippen molar-refractivity contribution in [2.75, 3.05) is 12.3 Å². The highest BCUT2D eigenvalue weighted by molar-refractivity contribution is 7.99. The van der Waals surface area contributed by atoms with Gasteiger partial charge in [0.05, 0.1) is 12.2 Å². The summed E-state index contributed by atoms with van der Waals surface area (Å²) in [6, 6.07) is 7.03. The molecule has 2 rings (SSSR count). The van der Waals surface area contributed by atoms with E-state index in [0.717, 1.165) is 9.92 Å². The summed E-state index contributed by atoms with van der Waals surface area (Å²) in [4.78, 5) is 20.6. The fourth-order valence-electron chi connectivity index (χ4n) is 1.44. The Morgan fingerprint density at radius 1 is 1.42 bits per heavy atom. The number of esters is 1. The Labute approximate surface area is 115 Å². The van der Waals surface area contributed by atoms with Gasteiger partial charge >= 0.3 is 5.97 Å². The van der Waals surface area contributed by atoms with Gasteiger partial charge in [-0.15, -0.1) is 0 Å². The van der Waals surface area contributed by atoms with Crippen LogP contribution in [0.2, 0.25) is 0 Å². The molecule has 0 aliphatic rings. The quantitative estimate of drug-likeness (QED) is 0.524. The zero-order chi connectivity index (χ0) is 13.7. The first-order valence-electron chi connectivity index (χ1n) is 5.71. The molecule has 0 bridgehead atoms. The van der Waals surface area contributed by atoms with Crippen LogP contribution in [0.15, 0.2) is 46.7 Å². The normalized spacial score (nSPS) is 10.2. The number of carbonyl (C=O) groups excluding carboxylic acids is 1. The van der Waals surface area contributed by atoms with E-state index in [4.69, 9.17) is 10.5 Å². The summed E-state index contributed by atoms with van der Waals surface area (Å²) in [6.45, 7) is 2.08. The molecule has 0 spiro atoms. The highest BCUT2D eigenvalue weighted by Gasteiger charge is 2.12. The molecule has 1 aromatic carbocycles. The van der Waals surface area contributed by atoms with Crippen LogP contribution >= 0.6 is 11.8 Å². The van der Waals surface area contributed by atoms with Crippen LogP contribution in [-0.2, 0) is 4.74 Å². The second-order valence-electron chi connectivity index (χ2n) is 3.62. The molecule has 1 heterocycles. The number of benzene rings is 1. The fraction of sp³-hybridized carbons (Fsp3) is 0.154. The molecule has 0 radical (unpaired) electrons. The second kappa shape index (κ2) is 6.19. The average Bonchev–Trinajstić information content (AvgIpc) is 2.42. The first-order valence-corrected chi connectivity index (χ1v) is 6.53. The van der Waals surface area contributed by atoms with Crippen LogP contribution in [0.4, 0.5) is 5.69 Å². The van der Waals surface area contributed by atoms with Gasteiger partial charge in [0.2, 0.25) is 0 Å². The van der Waals surface area contributed by atoms with Crippen LogP contribution in [0.25, 0.3) is 0 Å². The third kappa shape index (κ3) is 3.45. The lowest BCUT2D eigenvalue weighted by molar-refractivity contribution is 0.0527. The number of hydrogen-bond acceptors (Lipinski definition) is 6. The van der Waals surface area contributed by atoms with Gasteiger partial charge in [-0.05, 0) is 31.2 Å². The molecule has 0 amide bonds. The summed E-state index contributed by atoms with van der Waals surface area (Å²) in [5.41, 5.74) is 6.56. The van der Waals surface area contributed by atoms with Crippen molar-refractivity contribution in [3.63, 3.8) is 0 Å². The van der Waals surface area contributed by atoms with Crippen molar-refractivity contribution < 1.29 is 9.53 Å². The van der Waals surface area contributed by atoms with Gasteiger partial charge in [0, 0.05) is 16.8 Å². The predicted molar refractivity (Wildman–Crippen MR) is 73.0 cm³/mol. The van der Waals surface area contributed by atoms with E-state index >= 15 is 0 Å². The van der Waals surface area contributed by atoms with Crippen LogP contribution < -0.4 is 5.73 Å². The lowest BCUT2D eigenvalue weighted by Crippen LogP contribution is -2.07. The van der Waals surface area contributed by atoms with Crippen LogP contribution in [-0.4, -0.2) is 22.5 Å². The molecule has 6 heteroatoms. The highest BCUT2D eigenvalue weighted by Crippen LogP contribution is 2.28. The third-order valence-corrected chi connectivity index (χ3v) is 3.24. The van der Waals surface area contributed by atoms with E-state index in [2.05, 4.69) is 9.97 Å². The molecule has 98 valence electrons. The monoisotopic (exact) mass is 275 g/mol. The molecule has 0 unspecified atom stereocenters. The molecule has 0 saturated heterocycles. The minimum atomic E-state index is -0.412. The number of carbonyl (C=O) groups is 1. The van der Waals surface area contributed by atoms with Gasteiger partial charge < -0.3 is 10.5 Å². The standard InChI is InChI=1S/C13H13N3O2S/c1-2-18-13(17)10-7-9(3-4-11(10)14)19-12-5-6-15-8-16-12/h3-8H,2,14H2,1H3. The SMILES string of the molecule is CCOC(=O)c1cc(Sc2ccncn2)ccc1N. The van der Waals surface area contributed by atoms with Crippen molar-refractivity contribution in [3.05, 3.63) is 42.4 Å². The van der Waals surface area contributed by atoms with Crippen molar-refractivity contribution in [2.45, 2.75) is 16.8 Å². The molecule has 0 saturated carbocycles. The van der Waals surface area contributed by atoms with E-state index in [0.29, 0.717) is 17.9 Å². The number of anilines is 1. The van der Waals surface area contributed by atoms with Crippen molar-refractivity contribution in [1.82, 2.24) is 9.97 Å². The number of nitrogens with zero attached hydrogens (tertiary/aromatic N) is 2. The minimum Gasteiger partial charge on any atom is -0.462 e. The van der Waals surface area contributed by atoms with E-state index in [1.54, 1.807) is 31.3 Å². The Bertz CT molecular complexity index is 575. The van der Waals surface area contributed by atoms with E-state index in [-0.39, 0.29) is 0 Å². The number of nitrogen functional groups attached to an aromatic ring is 1. The van der Waals surface area contributed by atoms with Crippen LogP contribution in [0.3, 0.4) is 0 Å². The number of rotatable bonds is 4. The zero-order valence-corrected chi connectivity index (χ0v) is 11.2. The smallest absolute Gasteiger partial charge is 0.340 e. The van der Waals surface area contributed by atoms with Crippen molar-refractivity contribution >= 4 is 23.4 Å². The topological polar surface area (TPSA) is 78.1 Å². The van der Waals surface area contributed by atoms with Crippen molar-refractivity contribution in [3.8, 4) is 0 Å². The Hall–Kier alpha value is -2.08. The lowest BCUT2D eigenvalue weighted by Gasteiger charge is -2.07. The molecule has 0 atom stereocenters. The van der Waals surface area contributed by atoms with E-state index in [1.165, 1.54) is 18.1 Å². The molecular formula is C13H13N3O2S. The Kier molecular flexibility index (Phi) is 4.35. The molecular weight excluding hydrogens is 262 g/mol. The average molecular weight is 275 g/mol. The fourth-order valence-corrected chi connectivity index (χ4v) is 2.23. The maximum atomic E-state index is 11.7. The summed E-state index contributed by atoms with van der Waals surface area (Å²) in [5, 5.41) is 0.801. The molecule has 19 heavy (non-hydrogen) atoms. The minimum absolute atomic E-state index is 0.321. The van der Waals surface area contributed by atoms with Crippen molar-refractivity contribution in [1.29, 1.82) is 0 Å². The molecule has 1 aromatic heterocycles. The summed E-state index contributed by atoms with van der Waals surface area (Å²) >= 11 is 1.43. The number of nitrogens with two attached hydrogens (primary N) is 1. The summed E-state index contributed by atoms with van der Waals surface area (Å²) in [7, 11) is 0. The molecule has 0 aliphatic carbocycles. The van der Waals surface area contributed by atoms with Gasteiger partial charge in [-0.25, -0.2) is 14.8 Å². The first kappa shape index (κ1) is 13.4. The van der Waals surface area contributed by atoms with E-state index in [1.807, 2.05) is 6.07 Å². The van der Waals surface area contributed by atoms with Gasteiger partial charge in [0.25, 0.3) is 0 Å². The van der Waals surface area contributed by atoms with Gasteiger partial charge in [0.15, 0.2) is 0 Å². The lowest BCUT2D eigenvalue weighted by atomic mass is 10.2. The summed E-state index contributed by atoms with van der Waals surface area (Å²) in [5.74, 6) is -0.412. The van der Waals surface area contributed by atoms with E-state index in [9.17, 15) is 4.79 Å². The first-order chi connectivity index (χ1) is 9.20.